The van der Waals surface area contributed by atoms with E-state index in [1.807, 2.05) is 0 Å². The van der Waals surface area contributed by atoms with Crippen molar-refractivity contribution in [1.29, 1.82) is 0 Å². The minimum atomic E-state index is -0.205. The van der Waals surface area contributed by atoms with Crippen LogP contribution in [0.25, 0.3) is 0 Å². The van der Waals surface area contributed by atoms with Gasteiger partial charge >= 0.3 is 0 Å². The molecule has 88 valence electrons. The summed E-state index contributed by atoms with van der Waals surface area (Å²) in [5.41, 5.74) is 3.43. The summed E-state index contributed by atoms with van der Waals surface area (Å²) < 4.78 is 13.5. The third-order valence-corrected chi connectivity index (χ3v) is 3.62. The van der Waals surface area contributed by atoms with Crippen LogP contribution in [-0.4, -0.2) is 6.04 Å². The monoisotopic (exact) mass is 242 g/mol. The molecule has 0 aliphatic heterocycles. The second-order valence-corrected chi connectivity index (χ2v) is 4.84. The summed E-state index contributed by atoms with van der Waals surface area (Å²) in [7, 11) is 0. The molecule has 0 saturated heterocycles. The fraction of sp³-hybridized carbons (Fsp3) is 0.500. The number of rotatable bonds is 4. The van der Waals surface area contributed by atoms with Crippen LogP contribution < -0.4 is 11.3 Å². The van der Waals surface area contributed by atoms with Crippen molar-refractivity contribution in [2.45, 2.75) is 31.7 Å². The van der Waals surface area contributed by atoms with Crippen molar-refractivity contribution in [1.82, 2.24) is 5.43 Å². The number of nitrogens with two attached hydrogens (primary N) is 1. The second-order valence-electron chi connectivity index (χ2n) is 4.40. The Morgan fingerprint density at radius 2 is 2.25 bits per heavy atom. The van der Waals surface area contributed by atoms with Gasteiger partial charge < -0.3 is 0 Å². The number of halogens is 2. The fourth-order valence-electron chi connectivity index (χ4n) is 2.14. The molecule has 1 fully saturated rings. The van der Waals surface area contributed by atoms with Gasteiger partial charge in [0.05, 0.1) is 0 Å². The topological polar surface area (TPSA) is 38.0 Å². The van der Waals surface area contributed by atoms with E-state index >= 15 is 0 Å². The Balaban J connectivity index is 2.08. The first-order valence-corrected chi connectivity index (χ1v) is 5.98. The molecule has 2 rings (SSSR count). The van der Waals surface area contributed by atoms with Crippen molar-refractivity contribution in [3.8, 4) is 0 Å². The van der Waals surface area contributed by atoms with Crippen LogP contribution in [0.2, 0.25) is 5.02 Å². The van der Waals surface area contributed by atoms with Gasteiger partial charge in [0.15, 0.2) is 0 Å². The van der Waals surface area contributed by atoms with Gasteiger partial charge in [-0.25, -0.2) is 4.39 Å². The van der Waals surface area contributed by atoms with Gasteiger partial charge in [-0.15, -0.1) is 0 Å². The lowest BCUT2D eigenvalue weighted by molar-refractivity contribution is 0.227. The molecule has 16 heavy (non-hydrogen) atoms. The summed E-state index contributed by atoms with van der Waals surface area (Å²) in [6.07, 6.45) is 4.21. The highest BCUT2D eigenvalue weighted by Gasteiger charge is 2.27. The van der Waals surface area contributed by atoms with Crippen LogP contribution in [0.3, 0.4) is 0 Å². The van der Waals surface area contributed by atoms with E-state index in [4.69, 9.17) is 17.4 Å². The Labute approximate surface area is 99.9 Å². The summed E-state index contributed by atoms with van der Waals surface area (Å²) in [5, 5.41) is 0.570. The average Bonchev–Trinajstić information content (AvgIpc) is 2.19. The van der Waals surface area contributed by atoms with Gasteiger partial charge in [-0.3, -0.25) is 11.3 Å². The molecule has 0 heterocycles. The molecule has 1 aliphatic carbocycles. The van der Waals surface area contributed by atoms with Crippen LogP contribution in [0.15, 0.2) is 18.2 Å². The van der Waals surface area contributed by atoms with Crippen molar-refractivity contribution < 1.29 is 4.39 Å². The zero-order chi connectivity index (χ0) is 11.5. The maximum atomic E-state index is 13.5. The van der Waals surface area contributed by atoms with E-state index in [1.54, 1.807) is 12.1 Å². The van der Waals surface area contributed by atoms with Crippen molar-refractivity contribution in [2.75, 3.05) is 0 Å². The van der Waals surface area contributed by atoms with Gasteiger partial charge in [0, 0.05) is 11.1 Å². The molecule has 0 radical (unpaired) electrons. The molecule has 1 saturated carbocycles. The van der Waals surface area contributed by atoms with E-state index in [9.17, 15) is 4.39 Å². The van der Waals surface area contributed by atoms with Gasteiger partial charge in [-0.2, -0.15) is 0 Å². The van der Waals surface area contributed by atoms with Gasteiger partial charge in [0.25, 0.3) is 0 Å². The first-order chi connectivity index (χ1) is 7.70. The molecule has 1 aliphatic rings. The minimum Gasteiger partial charge on any atom is -0.271 e. The molecule has 0 amide bonds. The number of nitrogens with one attached hydrogen (secondary N) is 1. The first-order valence-electron chi connectivity index (χ1n) is 5.60. The summed E-state index contributed by atoms with van der Waals surface area (Å²) in [5.74, 6) is 5.88. The molecule has 3 N–H and O–H groups in total. The van der Waals surface area contributed by atoms with Crippen LogP contribution >= 0.6 is 11.6 Å². The molecule has 2 nitrogen and oxygen atoms in total. The normalized spacial score (nSPS) is 18.2. The summed E-state index contributed by atoms with van der Waals surface area (Å²) >= 11 is 5.85. The number of hydrogen-bond donors (Lipinski definition) is 2. The van der Waals surface area contributed by atoms with Crippen molar-refractivity contribution in [3.63, 3.8) is 0 Å². The van der Waals surface area contributed by atoms with E-state index in [1.165, 1.54) is 25.3 Å². The largest absolute Gasteiger partial charge is 0.271 e. The van der Waals surface area contributed by atoms with Gasteiger partial charge in [0.1, 0.15) is 5.82 Å². The average molecular weight is 243 g/mol. The first kappa shape index (κ1) is 11.8. The zero-order valence-corrected chi connectivity index (χ0v) is 9.80. The number of hydrogen-bond acceptors (Lipinski definition) is 2. The van der Waals surface area contributed by atoms with Crippen molar-refractivity contribution in [3.05, 3.63) is 34.6 Å². The van der Waals surface area contributed by atoms with Crippen LogP contribution in [0, 0.1) is 11.7 Å². The van der Waals surface area contributed by atoms with E-state index in [0.717, 1.165) is 0 Å². The third-order valence-electron chi connectivity index (χ3n) is 3.38. The quantitative estimate of drug-likeness (QED) is 0.629. The Bertz CT molecular complexity index is 366. The van der Waals surface area contributed by atoms with Crippen LogP contribution in [0.4, 0.5) is 4.39 Å². The van der Waals surface area contributed by atoms with Crippen molar-refractivity contribution >= 4 is 11.6 Å². The van der Waals surface area contributed by atoms with E-state index < -0.39 is 0 Å². The molecule has 4 heteroatoms. The molecule has 0 bridgehead atoms. The minimum absolute atomic E-state index is 0.154. The Hall–Kier alpha value is -0.640. The Morgan fingerprint density at radius 3 is 2.81 bits per heavy atom. The summed E-state index contributed by atoms with van der Waals surface area (Å²) in [6, 6.07) is 4.81. The van der Waals surface area contributed by atoms with Crippen LogP contribution in [0.5, 0.6) is 0 Å². The van der Waals surface area contributed by atoms with E-state index in [-0.39, 0.29) is 11.9 Å². The lowest BCUT2D eigenvalue weighted by Crippen LogP contribution is -2.45. The molecule has 0 aromatic heterocycles. The standard InChI is InChI=1S/C12H16ClFN2/c13-10-4-5-11(14)9(6-10)7-12(16-15)8-2-1-3-8/h4-6,8,12,16H,1-3,7,15H2. The van der Waals surface area contributed by atoms with Crippen LogP contribution in [-0.2, 0) is 6.42 Å². The molecule has 1 atom stereocenters. The fourth-order valence-corrected chi connectivity index (χ4v) is 2.34. The summed E-state index contributed by atoms with van der Waals surface area (Å²) in [6.45, 7) is 0. The molecule has 0 spiro atoms. The van der Waals surface area contributed by atoms with Crippen LogP contribution in [0.1, 0.15) is 24.8 Å². The van der Waals surface area contributed by atoms with Gasteiger partial charge in [-0.05, 0) is 48.9 Å². The predicted molar refractivity (Wildman–Crippen MR) is 63.6 cm³/mol. The zero-order valence-electron chi connectivity index (χ0n) is 9.05. The molecular formula is C12H16ClFN2. The predicted octanol–water partition coefficient (Wildman–Crippen LogP) is 2.65. The number of benzene rings is 1. The lowest BCUT2D eigenvalue weighted by Gasteiger charge is -2.33. The highest BCUT2D eigenvalue weighted by molar-refractivity contribution is 6.30. The van der Waals surface area contributed by atoms with Gasteiger partial charge in [-0.1, -0.05) is 18.0 Å². The van der Waals surface area contributed by atoms with E-state index in [0.29, 0.717) is 22.9 Å². The Morgan fingerprint density at radius 1 is 1.50 bits per heavy atom. The maximum absolute atomic E-state index is 13.5. The van der Waals surface area contributed by atoms with E-state index in [2.05, 4.69) is 5.43 Å². The highest BCUT2D eigenvalue weighted by Crippen LogP contribution is 2.31. The Kier molecular flexibility index (Phi) is 3.79. The molecule has 1 aromatic carbocycles. The smallest absolute Gasteiger partial charge is 0.126 e. The molecule has 1 unspecified atom stereocenters. The van der Waals surface area contributed by atoms with Gasteiger partial charge in [0.2, 0.25) is 0 Å². The van der Waals surface area contributed by atoms with Crippen molar-refractivity contribution in [2.24, 2.45) is 11.8 Å². The summed E-state index contributed by atoms with van der Waals surface area (Å²) in [4.78, 5) is 0. The molecular weight excluding hydrogens is 227 g/mol. The SMILES string of the molecule is NNC(Cc1cc(Cl)ccc1F)C1CCC1. The lowest BCUT2D eigenvalue weighted by atomic mass is 9.78. The second kappa shape index (κ2) is 5.13. The third kappa shape index (κ3) is 2.54. The maximum Gasteiger partial charge on any atom is 0.126 e. The molecule has 1 aromatic rings. The number of hydrazine groups is 1. The highest BCUT2D eigenvalue weighted by atomic mass is 35.5.